The second-order valence-electron chi connectivity index (χ2n) is 4.66. The van der Waals surface area contributed by atoms with Gasteiger partial charge in [-0.3, -0.25) is 4.98 Å². The summed E-state index contributed by atoms with van der Waals surface area (Å²) in [6.07, 6.45) is -1.47. The first-order valence-corrected chi connectivity index (χ1v) is 6.39. The molecule has 3 aromatic rings. The minimum Gasteiger partial charge on any atom is -0.399 e. The summed E-state index contributed by atoms with van der Waals surface area (Å²) in [6.45, 7) is 0. The summed E-state index contributed by atoms with van der Waals surface area (Å²) in [6, 6.07) is 10.8. The van der Waals surface area contributed by atoms with E-state index in [2.05, 4.69) is 10.1 Å². The van der Waals surface area contributed by atoms with Crippen molar-refractivity contribution in [2.24, 2.45) is 0 Å². The molecule has 0 saturated carbocycles. The smallest absolute Gasteiger partial charge is 0.399 e. The molecule has 0 aliphatic rings. The third-order valence-corrected chi connectivity index (χ3v) is 3.09. The van der Waals surface area contributed by atoms with Gasteiger partial charge in [0.25, 0.3) is 0 Å². The normalized spacial score (nSPS) is 11.6. The molecule has 0 aliphatic heterocycles. The highest BCUT2D eigenvalue weighted by atomic mass is 19.4. The molecule has 22 heavy (non-hydrogen) atoms. The van der Waals surface area contributed by atoms with E-state index >= 15 is 0 Å². The second kappa shape index (κ2) is 5.18. The van der Waals surface area contributed by atoms with Gasteiger partial charge in [-0.15, -0.1) is 0 Å². The van der Waals surface area contributed by atoms with Gasteiger partial charge in [-0.1, -0.05) is 0 Å². The second-order valence-corrected chi connectivity index (χ2v) is 4.66. The van der Waals surface area contributed by atoms with Gasteiger partial charge >= 0.3 is 6.18 Å². The van der Waals surface area contributed by atoms with E-state index in [0.29, 0.717) is 22.6 Å². The fourth-order valence-corrected chi connectivity index (χ4v) is 2.05. The van der Waals surface area contributed by atoms with Crippen molar-refractivity contribution < 1.29 is 13.2 Å². The third kappa shape index (κ3) is 2.65. The first kappa shape index (κ1) is 14.1. The van der Waals surface area contributed by atoms with E-state index in [0.717, 1.165) is 6.07 Å². The largest absolute Gasteiger partial charge is 0.435 e. The van der Waals surface area contributed by atoms with Gasteiger partial charge in [-0.25, -0.2) is 4.68 Å². The molecule has 0 bridgehead atoms. The molecule has 2 N–H and O–H groups in total. The van der Waals surface area contributed by atoms with Crippen LogP contribution in [-0.2, 0) is 6.18 Å². The van der Waals surface area contributed by atoms with Crippen LogP contribution in [0.1, 0.15) is 5.69 Å². The molecule has 0 fully saturated rings. The van der Waals surface area contributed by atoms with E-state index in [1.54, 1.807) is 42.6 Å². The summed E-state index contributed by atoms with van der Waals surface area (Å²) < 4.78 is 40.1. The highest BCUT2D eigenvalue weighted by Gasteiger charge is 2.35. The van der Waals surface area contributed by atoms with E-state index in [9.17, 15) is 13.2 Å². The zero-order chi connectivity index (χ0) is 15.7. The van der Waals surface area contributed by atoms with Crippen LogP contribution in [0.3, 0.4) is 0 Å². The SMILES string of the molecule is Nc1ccc(-n2nc(C(F)(F)F)cc2-c2cccnc2)cc1. The summed E-state index contributed by atoms with van der Waals surface area (Å²) in [7, 11) is 0. The molecule has 0 spiro atoms. The van der Waals surface area contributed by atoms with Crippen LogP contribution in [-0.4, -0.2) is 14.8 Å². The van der Waals surface area contributed by atoms with Gasteiger partial charge in [-0.05, 0) is 42.5 Å². The fourth-order valence-electron chi connectivity index (χ4n) is 2.05. The number of aromatic nitrogens is 3. The van der Waals surface area contributed by atoms with Crippen LogP contribution >= 0.6 is 0 Å². The number of nitrogens with zero attached hydrogens (tertiary/aromatic N) is 3. The number of benzene rings is 1. The molecule has 0 atom stereocenters. The quantitative estimate of drug-likeness (QED) is 0.737. The van der Waals surface area contributed by atoms with Crippen LogP contribution in [0.15, 0.2) is 54.9 Å². The molecular weight excluding hydrogens is 293 g/mol. The van der Waals surface area contributed by atoms with Crippen LogP contribution < -0.4 is 5.73 Å². The topological polar surface area (TPSA) is 56.7 Å². The van der Waals surface area contributed by atoms with Crippen molar-refractivity contribution in [2.45, 2.75) is 6.18 Å². The van der Waals surface area contributed by atoms with E-state index in [-0.39, 0.29) is 0 Å². The minimum absolute atomic E-state index is 0.310. The first-order chi connectivity index (χ1) is 10.4. The van der Waals surface area contributed by atoms with Crippen molar-refractivity contribution in [3.8, 4) is 16.9 Å². The zero-order valence-electron chi connectivity index (χ0n) is 11.2. The van der Waals surface area contributed by atoms with E-state index < -0.39 is 11.9 Å². The van der Waals surface area contributed by atoms with Crippen molar-refractivity contribution in [3.05, 3.63) is 60.6 Å². The number of halogens is 3. The Morgan fingerprint density at radius 3 is 2.36 bits per heavy atom. The van der Waals surface area contributed by atoms with Gasteiger partial charge in [-0.2, -0.15) is 18.3 Å². The van der Waals surface area contributed by atoms with Crippen molar-refractivity contribution in [1.29, 1.82) is 0 Å². The Morgan fingerprint density at radius 1 is 1.05 bits per heavy atom. The van der Waals surface area contributed by atoms with Gasteiger partial charge in [0, 0.05) is 23.6 Å². The van der Waals surface area contributed by atoms with Crippen LogP contribution in [0.2, 0.25) is 0 Å². The Kier molecular flexibility index (Phi) is 3.32. The molecular formula is C15H11F3N4. The average Bonchev–Trinajstić information content (AvgIpc) is 2.94. The van der Waals surface area contributed by atoms with Crippen LogP contribution in [0, 0.1) is 0 Å². The summed E-state index contributed by atoms with van der Waals surface area (Å²) in [4.78, 5) is 3.94. The molecule has 0 amide bonds. The van der Waals surface area contributed by atoms with Gasteiger partial charge in [0.05, 0.1) is 11.4 Å². The molecule has 4 nitrogen and oxygen atoms in total. The number of anilines is 1. The van der Waals surface area contributed by atoms with Crippen LogP contribution in [0.25, 0.3) is 16.9 Å². The van der Waals surface area contributed by atoms with Crippen molar-refractivity contribution in [3.63, 3.8) is 0 Å². The molecule has 0 unspecified atom stereocenters. The lowest BCUT2D eigenvalue weighted by Crippen LogP contribution is -2.07. The molecule has 0 aliphatic carbocycles. The summed E-state index contributed by atoms with van der Waals surface area (Å²) in [5, 5.41) is 3.68. The maximum absolute atomic E-state index is 13.0. The summed E-state index contributed by atoms with van der Waals surface area (Å²) in [5.74, 6) is 0. The lowest BCUT2D eigenvalue weighted by Gasteiger charge is -2.07. The van der Waals surface area contributed by atoms with E-state index in [4.69, 9.17) is 5.73 Å². The Balaban J connectivity index is 2.19. The molecule has 0 saturated heterocycles. The molecule has 3 rings (SSSR count). The highest BCUT2D eigenvalue weighted by molar-refractivity contribution is 5.62. The lowest BCUT2D eigenvalue weighted by atomic mass is 10.2. The molecule has 2 aromatic heterocycles. The number of alkyl halides is 3. The zero-order valence-corrected chi connectivity index (χ0v) is 11.2. The fraction of sp³-hybridized carbons (Fsp3) is 0.0667. The third-order valence-electron chi connectivity index (χ3n) is 3.09. The van der Waals surface area contributed by atoms with E-state index in [1.165, 1.54) is 10.9 Å². The summed E-state index contributed by atoms with van der Waals surface area (Å²) in [5.41, 5.74) is 6.52. The maximum Gasteiger partial charge on any atom is 0.435 e. The van der Waals surface area contributed by atoms with Gasteiger partial charge in [0.15, 0.2) is 5.69 Å². The number of hydrogen-bond acceptors (Lipinski definition) is 3. The molecule has 7 heteroatoms. The molecule has 1 aromatic carbocycles. The molecule has 112 valence electrons. The first-order valence-electron chi connectivity index (χ1n) is 6.39. The van der Waals surface area contributed by atoms with Crippen molar-refractivity contribution in [2.75, 3.05) is 5.73 Å². The Labute approximate surface area is 124 Å². The Bertz CT molecular complexity index is 777. The van der Waals surface area contributed by atoms with Crippen molar-refractivity contribution >= 4 is 5.69 Å². The van der Waals surface area contributed by atoms with Crippen LogP contribution in [0.4, 0.5) is 18.9 Å². The average molecular weight is 304 g/mol. The Morgan fingerprint density at radius 2 is 1.77 bits per heavy atom. The Hall–Kier alpha value is -2.83. The van der Waals surface area contributed by atoms with Crippen LogP contribution in [0.5, 0.6) is 0 Å². The number of pyridine rings is 1. The van der Waals surface area contributed by atoms with Gasteiger partial charge in [0.1, 0.15) is 0 Å². The van der Waals surface area contributed by atoms with Crippen molar-refractivity contribution in [1.82, 2.24) is 14.8 Å². The van der Waals surface area contributed by atoms with E-state index in [1.807, 2.05) is 0 Å². The minimum atomic E-state index is -4.52. The number of nitrogen functional groups attached to an aromatic ring is 1. The molecule has 2 heterocycles. The lowest BCUT2D eigenvalue weighted by molar-refractivity contribution is -0.141. The molecule has 0 radical (unpaired) electrons. The van der Waals surface area contributed by atoms with Gasteiger partial charge < -0.3 is 5.73 Å². The maximum atomic E-state index is 13.0. The number of rotatable bonds is 2. The predicted octanol–water partition coefficient (Wildman–Crippen LogP) is 3.54. The van der Waals surface area contributed by atoms with Gasteiger partial charge in [0.2, 0.25) is 0 Å². The monoisotopic (exact) mass is 304 g/mol. The number of nitrogens with two attached hydrogens (primary N) is 1. The standard InChI is InChI=1S/C15H11F3N4/c16-15(17,18)14-8-13(10-2-1-7-20-9-10)22(21-14)12-5-3-11(19)4-6-12/h1-9H,19H2. The predicted molar refractivity (Wildman–Crippen MR) is 76.2 cm³/mol. The highest BCUT2D eigenvalue weighted by Crippen LogP contribution is 2.33. The summed E-state index contributed by atoms with van der Waals surface area (Å²) >= 11 is 0. The number of hydrogen-bond donors (Lipinski definition) is 1.